The molecule has 7 heteroatoms. The third-order valence-electron chi connectivity index (χ3n) is 6.82. The summed E-state index contributed by atoms with van der Waals surface area (Å²) in [6.45, 7) is 5.58. The molecule has 2 N–H and O–H groups in total. The van der Waals surface area contributed by atoms with Gasteiger partial charge < -0.3 is 25.2 Å². The minimum Gasteiger partial charge on any atom is -0.457 e. The van der Waals surface area contributed by atoms with E-state index >= 15 is 0 Å². The first-order chi connectivity index (χ1) is 17.6. The van der Waals surface area contributed by atoms with Gasteiger partial charge >= 0.3 is 6.03 Å². The number of unbranched alkanes of at least 4 members (excludes halogenated alkanes) is 1. The lowest BCUT2D eigenvalue weighted by molar-refractivity contribution is -0.132. The van der Waals surface area contributed by atoms with Crippen molar-refractivity contribution in [2.24, 2.45) is 0 Å². The Hall–Kier alpha value is -4.00. The molecule has 1 saturated heterocycles. The molecular weight excluding hydrogens is 452 g/mol. The molecule has 0 saturated carbocycles. The lowest BCUT2D eigenvalue weighted by atomic mass is 9.86. The van der Waals surface area contributed by atoms with Crippen molar-refractivity contribution in [1.82, 2.24) is 10.2 Å². The molecule has 0 bridgehead atoms. The number of amides is 3. The smallest absolute Gasteiger partial charge is 0.319 e. The Morgan fingerprint density at radius 2 is 1.47 bits per heavy atom. The summed E-state index contributed by atoms with van der Waals surface area (Å²) in [6.07, 6.45) is 2.01. The Morgan fingerprint density at radius 1 is 0.861 bits per heavy atom. The highest BCUT2D eigenvalue weighted by Gasteiger charge is 2.36. The lowest BCUT2D eigenvalue weighted by Crippen LogP contribution is -2.50. The quantitative estimate of drug-likeness (QED) is 0.472. The van der Waals surface area contributed by atoms with E-state index < -0.39 is 0 Å². The average molecular weight is 485 g/mol. The Bertz CT molecular complexity index is 1170. The van der Waals surface area contributed by atoms with E-state index in [1.165, 1.54) is 0 Å². The topological polar surface area (TPSA) is 73.9 Å². The zero-order valence-corrected chi connectivity index (χ0v) is 20.6. The van der Waals surface area contributed by atoms with Crippen LogP contribution in [-0.4, -0.2) is 49.6 Å². The minimum absolute atomic E-state index is 0.117. The number of anilines is 2. The average Bonchev–Trinajstić information content (AvgIpc) is 2.92. The molecule has 3 amide bonds. The number of piperazine rings is 1. The molecule has 0 aliphatic carbocycles. The summed E-state index contributed by atoms with van der Waals surface area (Å²) in [5.74, 6) is 1.26. The van der Waals surface area contributed by atoms with Crippen LogP contribution in [0.25, 0.3) is 0 Å². The molecule has 2 heterocycles. The molecule has 3 aromatic carbocycles. The van der Waals surface area contributed by atoms with E-state index in [0.29, 0.717) is 19.6 Å². The third-order valence-corrected chi connectivity index (χ3v) is 6.82. The first-order valence-corrected chi connectivity index (χ1v) is 12.7. The molecule has 0 atom stereocenters. The lowest BCUT2D eigenvalue weighted by Gasteiger charge is -2.38. The maximum Gasteiger partial charge on any atom is 0.319 e. The molecule has 0 unspecified atom stereocenters. The van der Waals surface area contributed by atoms with E-state index in [4.69, 9.17) is 4.74 Å². The highest BCUT2D eigenvalue weighted by molar-refractivity contribution is 5.90. The summed E-state index contributed by atoms with van der Waals surface area (Å²) in [6, 6.07) is 23.3. The highest BCUT2D eigenvalue weighted by Crippen LogP contribution is 2.44. The predicted molar refractivity (Wildman–Crippen MR) is 142 cm³/mol. The minimum atomic E-state index is -0.355. The van der Waals surface area contributed by atoms with E-state index in [2.05, 4.69) is 22.5 Å². The summed E-state index contributed by atoms with van der Waals surface area (Å²) in [5, 5.41) is 5.73. The van der Waals surface area contributed by atoms with E-state index in [1.54, 1.807) is 0 Å². The van der Waals surface area contributed by atoms with Crippen molar-refractivity contribution >= 4 is 23.3 Å². The molecule has 7 nitrogen and oxygen atoms in total. The van der Waals surface area contributed by atoms with Crippen LogP contribution in [0.15, 0.2) is 72.8 Å². The van der Waals surface area contributed by atoms with Gasteiger partial charge in [0.25, 0.3) is 0 Å². The summed E-state index contributed by atoms with van der Waals surface area (Å²) >= 11 is 0. The van der Waals surface area contributed by atoms with Crippen molar-refractivity contribution in [2.75, 3.05) is 42.9 Å². The molecule has 2 aliphatic heterocycles. The second-order valence-corrected chi connectivity index (χ2v) is 9.20. The van der Waals surface area contributed by atoms with Crippen LogP contribution in [-0.2, 0) is 4.79 Å². The number of hydrogen-bond donors (Lipinski definition) is 2. The van der Waals surface area contributed by atoms with Gasteiger partial charge in [0.2, 0.25) is 5.91 Å². The number of benzene rings is 3. The van der Waals surface area contributed by atoms with Gasteiger partial charge in [-0.3, -0.25) is 4.79 Å². The normalized spacial score (nSPS) is 14.9. The number of rotatable bonds is 6. The second kappa shape index (κ2) is 10.7. The summed E-state index contributed by atoms with van der Waals surface area (Å²) < 4.78 is 6.07. The predicted octanol–water partition coefficient (Wildman–Crippen LogP) is 5.19. The zero-order chi connectivity index (χ0) is 24.9. The summed E-state index contributed by atoms with van der Waals surface area (Å²) in [4.78, 5) is 30.0. The van der Waals surface area contributed by atoms with Gasteiger partial charge in [-0.2, -0.15) is 0 Å². The fourth-order valence-electron chi connectivity index (χ4n) is 4.85. The van der Waals surface area contributed by atoms with Gasteiger partial charge in [-0.05, 0) is 42.8 Å². The molecule has 36 heavy (non-hydrogen) atoms. The molecular formula is C29H32N4O3. The van der Waals surface area contributed by atoms with E-state index in [9.17, 15) is 9.59 Å². The van der Waals surface area contributed by atoms with Crippen LogP contribution in [0.1, 0.15) is 36.8 Å². The van der Waals surface area contributed by atoms with Crippen LogP contribution < -0.4 is 20.3 Å². The zero-order valence-electron chi connectivity index (χ0n) is 20.6. The van der Waals surface area contributed by atoms with Crippen molar-refractivity contribution in [2.45, 2.75) is 25.7 Å². The Balaban J connectivity index is 1.22. The number of hydrogen-bond acceptors (Lipinski definition) is 4. The van der Waals surface area contributed by atoms with Crippen LogP contribution >= 0.6 is 0 Å². The molecule has 3 aromatic rings. The fraction of sp³-hybridized carbons (Fsp3) is 0.310. The monoisotopic (exact) mass is 484 g/mol. The third kappa shape index (κ3) is 5.00. The van der Waals surface area contributed by atoms with Gasteiger partial charge in [-0.25, -0.2) is 4.79 Å². The number of ether oxygens (including phenoxy) is 1. The van der Waals surface area contributed by atoms with Crippen LogP contribution in [0, 0.1) is 0 Å². The second-order valence-electron chi connectivity index (χ2n) is 9.20. The molecule has 5 rings (SSSR count). The van der Waals surface area contributed by atoms with Crippen molar-refractivity contribution in [3.8, 4) is 11.5 Å². The Morgan fingerprint density at radius 3 is 2.08 bits per heavy atom. The molecule has 1 fully saturated rings. The van der Waals surface area contributed by atoms with Crippen LogP contribution in [0.5, 0.6) is 11.5 Å². The highest BCUT2D eigenvalue weighted by atomic mass is 16.5. The van der Waals surface area contributed by atoms with Crippen molar-refractivity contribution in [3.63, 3.8) is 0 Å². The number of fused-ring (bicyclic) bond motifs is 2. The van der Waals surface area contributed by atoms with Crippen molar-refractivity contribution < 1.29 is 14.3 Å². The van der Waals surface area contributed by atoms with Gasteiger partial charge in [0.05, 0.1) is 5.92 Å². The van der Waals surface area contributed by atoms with Crippen LogP contribution in [0.2, 0.25) is 0 Å². The molecule has 0 aromatic heterocycles. The number of para-hydroxylation sites is 2. The van der Waals surface area contributed by atoms with Crippen molar-refractivity contribution in [3.05, 3.63) is 83.9 Å². The molecule has 2 aliphatic rings. The molecule has 0 spiro atoms. The van der Waals surface area contributed by atoms with Gasteiger partial charge in [0.15, 0.2) is 0 Å². The van der Waals surface area contributed by atoms with Crippen LogP contribution in [0.4, 0.5) is 16.2 Å². The first kappa shape index (κ1) is 23.7. The largest absolute Gasteiger partial charge is 0.457 e. The van der Waals surface area contributed by atoms with Gasteiger partial charge in [0.1, 0.15) is 11.5 Å². The number of nitrogens with one attached hydrogen (secondary N) is 2. The molecule has 186 valence electrons. The standard InChI is InChI=1S/C29H32N4O3/c1-2-3-16-30-29(35)31-21-12-14-22(15-13-21)32-17-19-33(20-18-32)28(34)27-23-8-4-6-10-25(23)36-26-11-7-5-9-24(26)27/h4-15,27H,2-3,16-20H2,1H3,(H2,30,31,35). The maximum atomic E-state index is 13.8. The first-order valence-electron chi connectivity index (χ1n) is 12.7. The maximum absolute atomic E-state index is 13.8. The number of nitrogens with zero attached hydrogens (tertiary/aromatic N) is 2. The molecule has 0 radical (unpaired) electrons. The van der Waals surface area contributed by atoms with E-state index in [1.807, 2.05) is 77.7 Å². The van der Waals surface area contributed by atoms with Gasteiger partial charge in [-0.1, -0.05) is 49.7 Å². The van der Waals surface area contributed by atoms with E-state index in [-0.39, 0.29) is 17.9 Å². The Kier molecular flexibility index (Phi) is 7.07. The van der Waals surface area contributed by atoms with Crippen molar-refractivity contribution in [1.29, 1.82) is 0 Å². The summed E-state index contributed by atoms with van der Waals surface area (Å²) in [5.41, 5.74) is 3.69. The number of urea groups is 1. The SMILES string of the molecule is CCCCNC(=O)Nc1ccc(N2CCN(C(=O)C3c4ccccc4Oc4ccccc43)CC2)cc1. The summed E-state index contributed by atoms with van der Waals surface area (Å²) in [7, 11) is 0. The van der Waals surface area contributed by atoms with Crippen LogP contribution in [0.3, 0.4) is 0 Å². The number of carbonyl (C=O) groups is 2. The van der Waals surface area contributed by atoms with Gasteiger partial charge in [-0.15, -0.1) is 0 Å². The number of carbonyl (C=O) groups excluding carboxylic acids is 2. The van der Waals surface area contributed by atoms with E-state index in [0.717, 1.165) is 59.9 Å². The Labute approximate surface area is 212 Å². The van der Waals surface area contributed by atoms with Gasteiger partial charge in [0, 0.05) is 55.2 Å². The fourth-order valence-corrected chi connectivity index (χ4v) is 4.85.